The molecule has 2 aromatic heterocycles. The van der Waals surface area contributed by atoms with Crippen LogP contribution in [0, 0.1) is 0 Å². The average Bonchev–Trinajstić information content (AvgIpc) is 2.89. The van der Waals surface area contributed by atoms with Crippen molar-refractivity contribution in [1.82, 2.24) is 14.3 Å². The van der Waals surface area contributed by atoms with E-state index >= 15 is 0 Å². The fourth-order valence-electron chi connectivity index (χ4n) is 3.19. The molecule has 2 aromatic rings. The van der Waals surface area contributed by atoms with Crippen molar-refractivity contribution in [3.05, 3.63) is 35.9 Å². The third-order valence-corrected chi connectivity index (χ3v) is 4.56. The van der Waals surface area contributed by atoms with Gasteiger partial charge in [-0.05, 0) is 32.9 Å². The van der Waals surface area contributed by atoms with Crippen LogP contribution in [0.5, 0.6) is 0 Å². The van der Waals surface area contributed by atoms with E-state index in [-0.39, 0.29) is 23.0 Å². The second kappa shape index (κ2) is 5.59. The number of fused-ring (bicyclic) bond motifs is 1. The van der Waals surface area contributed by atoms with Gasteiger partial charge in [-0.1, -0.05) is 26.8 Å². The van der Waals surface area contributed by atoms with Crippen molar-refractivity contribution < 1.29 is 9.53 Å². The van der Waals surface area contributed by atoms with Gasteiger partial charge in [0.05, 0.1) is 23.8 Å². The Morgan fingerprint density at radius 2 is 2.04 bits per heavy atom. The lowest BCUT2D eigenvalue weighted by molar-refractivity contribution is -0.0756. The molecule has 1 aliphatic rings. The van der Waals surface area contributed by atoms with Crippen molar-refractivity contribution in [3.8, 4) is 0 Å². The monoisotopic (exact) mass is 329 g/mol. The number of carbonyl (C=O) groups excluding carboxylic acids is 1. The third kappa shape index (κ3) is 2.81. The van der Waals surface area contributed by atoms with E-state index < -0.39 is 0 Å². The van der Waals surface area contributed by atoms with Crippen molar-refractivity contribution >= 4 is 11.4 Å². The second-order valence-electron chi connectivity index (χ2n) is 8.34. The fraction of sp³-hybridized carbons (Fsp3) is 0.579. The maximum absolute atomic E-state index is 13.3. The smallest absolute Gasteiger partial charge is 0.275 e. The number of morpholine rings is 1. The van der Waals surface area contributed by atoms with Crippen molar-refractivity contribution in [2.24, 2.45) is 0 Å². The van der Waals surface area contributed by atoms with Crippen LogP contribution in [0.3, 0.4) is 0 Å². The molecule has 3 heterocycles. The molecule has 0 aromatic carbocycles. The molecule has 5 nitrogen and oxygen atoms in total. The summed E-state index contributed by atoms with van der Waals surface area (Å²) in [6, 6.07) is 5.89. The molecule has 5 heteroatoms. The largest absolute Gasteiger partial charge is 0.374 e. The topological polar surface area (TPSA) is 46.8 Å². The predicted molar refractivity (Wildman–Crippen MR) is 94.4 cm³/mol. The van der Waals surface area contributed by atoms with Crippen LogP contribution < -0.4 is 0 Å². The molecular weight excluding hydrogens is 302 g/mol. The van der Waals surface area contributed by atoms with Crippen LogP contribution >= 0.6 is 0 Å². The molecule has 130 valence electrons. The van der Waals surface area contributed by atoms with Gasteiger partial charge < -0.3 is 14.0 Å². The summed E-state index contributed by atoms with van der Waals surface area (Å²) in [7, 11) is 0. The van der Waals surface area contributed by atoms with Crippen LogP contribution in [0.4, 0.5) is 0 Å². The highest BCUT2D eigenvalue weighted by molar-refractivity contribution is 5.99. The Morgan fingerprint density at radius 3 is 2.71 bits per heavy atom. The number of imidazole rings is 1. The first-order valence-corrected chi connectivity index (χ1v) is 8.52. The van der Waals surface area contributed by atoms with Crippen molar-refractivity contribution in [2.75, 3.05) is 13.2 Å². The minimum Gasteiger partial charge on any atom is -0.374 e. The lowest BCUT2D eigenvalue weighted by Crippen LogP contribution is -2.57. The van der Waals surface area contributed by atoms with E-state index in [9.17, 15) is 4.79 Å². The number of hydrogen-bond donors (Lipinski definition) is 0. The van der Waals surface area contributed by atoms with E-state index in [1.165, 1.54) is 0 Å². The summed E-state index contributed by atoms with van der Waals surface area (Å²) in [5, 5.41) is 0. The number of pyridine rings is 1. The number of carbonyl (C=O) groups is 1. The average molecular weight is 329 g/mol. The Labute approximate surface area is 143 Å². The summed E-state index contributed by atoms with van der Waals surface area (Å²) < 4.78 is 7.77. The molecule has 0 spiro atoms. The maximum Gasteiger partial charge on any atom is 0.275 e. The second-order valence-corrected chi connectivity index (χ2v) is 8.34. The van der Waals surface area contributed by atoms with Crippen molar-refractivity contribution in [2.45, 2.75) is 58.6 Å². The van der Waals surface area contributed by atoms with E-state index in [1.54, 1.807) is 0 Å². The molecule has 24 heavy (non-hydrogen) atoms. The van der Waals surface area contributed by atoms with Crippen LogP contribution in [0.15, 0.2) is 24.4 Å². The first-order chi connectivity index (χ1) is 11.1. The summed E-state index contributed by atoms with van der Waals surface area (Å²) in [5.74, 6) is 0.884. The van der Waals surface area contributed by atoms with Gasteiger partial charge in [0.15, 0.2) is 5.69 Å². The Balaban J connectivity index is 2.11. The molecule has 0 saturated carbocycles. The molecular formula is C19H27N3O2. The van der Waals surface area contributed by atoms with Crippen LogP contribution in [-0.2, 0) is 10.2 Å². The molecule has 1 fully saturated rings. The molecule has 1 aliphatic heterocycles. The number of aromatic nitrogens is 2. The predicted octanol–water partition coefficient (Wildman–Crippen LogP) is 3.27. The molecule has 0 aliphatic carbocycles. The molecule has 3 rings (SSSR count). The van der Waals surface area contributed by atoms with Gasteiger partial charge >= 0.3 is 0 Å². The maximum atomic E-state index is 13.3. The highest BCUT2D eigenvalue weighted by atomic mass is 16.5. The van der Waals surface area contributed by atoms with Gasteiger partial charge in [0, 0.05) is 18.2 Å². The molecule has 0 radical (unpaired) electrons. The van der Waals surface area contributed by atoms with E-state index in [1.807, 2.05) is 54.5 Å². The van der Waals surface area contributed by atoms with Crippen LogP contribution in [0.2, 0.25) is 0 Å². The molecule has 1 atom stereocenters. The minimum absolute atomic E-state index is 0.0191. The number of ether oxygens (including phenoxy) is 1. The van der Waals surface area contributed by atoms with Gasteiger partial charge in [-0.2, -0.15) is 0 Å². The van der Waals surface area contributed by atoms with E-state index in [0.717, 1.165) is 11.3 Å². The highest BCUT2D eigenvalue weighted by Crippen LogP contribution is 2.28. The van der Waals surface area contributed by atoms with E-state index in [2.05, 4.69) is 20.8 Å². The fourth-order valence-corrected chi connectivity index (χ4v) is 3.19. The number of rotatable bonds is 1. The zero-order valence-corrected chi connectivity index (χ0v) is 15.5. The standard InChI is InChI=1S/C19H27N3O2/c1-13-11-22(19(5,6)12-24-13)16(23)15-14-9-7-8-10-21(14)17(20-15)18(2,3)4/h7-10,13H,11-12H2,1-6H3. The van der Waals surface area contributed by atoms with Crippen LogP contribution in [0.25, 0.3) is 5.52 Å². The summed E-state index contributed by atoms with van der Waals surface area (Å²) in [6.07, 6.45) is 2.02. The normalized spacial score (nSPS) is 21.2. The van der Waals surface area contributed by atoms with Gasteiger partial charge in [0.2, 0.25) is 0 Å². The quantitative estimate of drug-likeness (QED) is 0.807. The Hall–Kier alpha value is -1.88. The molecule has 0 bridgehead atoms. The molecule has 1 amide bonds. The third-order valence-electron chi connectivity index (χ3n) is 4.56. The number of hydrogen-bond acceptors (Lipinski definition) is 3. The summed E-state index contributed by atoms with van der Waals surface area (Å²) >= 11 is 0. The number of nitrogens with zero attached hydrogens (tertiary/aromatic N) is 3. The van der Waals surface area contributed by atoms with Crippen LogP contribution in [-0.4, -0.2) is 45.0 Å². The molecule has 0 N–H and O–H groups in total. The Kier molecular flexibility index (Phi) is 3.95. The highest BCUT2D eigenvalue weighted by Gasteiger charge is 2.39. The van der Waals surface area contributed by atoms with Crippen molar-refractivity contribution in [3.63, 3.8) is 0 Å². The molecule has 1 unspecified atom stereocenters. The van der Waals surface area contributed by atoms with E-state index in [0.29, 0.717) is 18.8 Å². The Bertz CT molecular complexity index is 771. The van der Waals surface area contributed by atoms with Crippen LogP contribution in [0.1, 0.15) is 57.9 Å². The summed E-state index contributed by atoms with van der Waals surface area (Å²) in [5.41, 5.74) is 0.914. The first-order valence-electron chi connectivity index (χ1n) is 8.52. The van der Waals surface area contributed by atoms with Gasteiger partial charge in [-0.25, -0.2) is 4.98 Å². The van der Waals surface area contributed by atoms with Gasteiger partial charge in [0.1, 0.15) is 5.82 Å². The van der Waals surface area contributed by atoms with Gasteiger partial charge in [-0.3, -0.25) is 4.79 Å². The van der Waals surface area contributed by atoms with Gasteiger partial charge in [-0.15, -0.1) is 0 Å². The number of amides is 1. The first kappa shape index (κ1) is 17.0. The lowest BCUT2D eigenvalue weighted by Gasteiger charge is -2.44. The molecule has 1 saturated heterocycles. The summed E-state index contributed by atoms with van der Waals surface area (Å²) in [4.78, 5) is 20.0. The zero-order chi connectivity index (χ0) is 17.7. The SMILES string of the molecule is CC1CN(C(=O)c2nc(C(C)(C)C)n3ccccc23)C(C)(C)CO1. The Morgan fingerprint density at radius 1 is 1.33 bits per heavy atom. The van der Waals surface area contributed by atoms with Crippen molar-refractivity contribution in [1.29, 1.82) is 0 Å². The zero-order valence-electron chi connectivity index (χ0n) is 15.5. The summed E-state index contributed by atoms with van der Waals surface area (Å²) in [6.45, 7) is 13.6. The lowest BCUT2D eigenvalue weighted by atomic mass is 9.96. The van der Waals surface area contributed by atoms with E-state index in [4.69, 9.17) is 9.72 Å². The minimum atomic E-state index is -0.337. The van der Waals surface area contributed by atoms with Gasteiger partial charge in [0.25, 0.3) is 5.91 Å².